The van der Waals surface area contributed by atoms with E-state index in [-0.39, 0.29) is 35.1 Å². The molecule has 0 N–H and O–H groups in total. The number of rotatable bonds is 6. The summed E-state index contributed by atoms with van der Waals surface area (Å²) in [6.45, 7) is 1.03. The average molecular weight is 559 g/mol. The van der Waals surface area contributed by atoms with Crippen LogP contribution in [0.25, 0.3) is 11.1 Å². The van der Waals surface area contributed by atoms with E-state index < -0.39 is 11.7 Å². The number of ketones is 1. The highest BCUT2D eigenvalue weighted by Crippen LogP contribution is 2.35. The summed E-state index contributed by atoms with van der Waals surface area (Å²) in [5, 5.41) is 2.73. The van der Waals surface area contributed by atoms with Gasteiger partial charge < -0.3 is 4.90 Å². The zero-order valence-electron chi connectivity index (χ0n) is 20.4. The van der Waals surface area contributed by atoms with Gasteiger partial charge in [0.25, 0.3) is 5.91 Å². The van der Waals surface area contributed by atoms with Crippen molar-refractivity contribution in [2.24, 2.45) is 5.92 Å². The summed E-state index contributed by atoms with van der Waals surface area (Å²) < 4.78 is 38.9. The van der Waals surface area contributed by atoms with E-state index in [2.05, 4.69) is 4.98 Å². The molecule has 2 aromatic carbocycles. The lowest BCUT2D eigenvalue weighted by atomic mass is 9.94. The first-order valence-corrected chi connectivity index (χ1v) is 14.3. The number of nitrogens with zero attached hydrogens (tertiary/aromatic N) is 2. The zero-order chi connectivity index (χ0) is 26.9. The van der Waals surface area contributed by atoms with E-state index in [1.54, 1.807) is 34.5 Å². The quantitative estimate of drug-likeness (QED) is 0.315. The zero-order valence-corrected chi connectivity index (χ0v) is 22.0. The molecule has 0 spiro atoms. The van der Waals surface area contributed by atoms with Crippen LogP contribution in [0, 0.1) is 5.92 Å². The summed E-state index contributed by atoms with van der Waals surface area (Å²) in [5.74, 6) is 0.441. The Balaban J connectivity index is 1.23. The molecule has 1 aromatic heterocycles. The van der Waals surface area contributed by atoms with Crippen LogP contribution in [-0.2, 0) is 11.0 Å². The van der Waals surface area contributed by atoms with Crippen LogP contribution in [0.4, 0.5) is 13.2 Å². The average Bonchev–Trinajstić information content (AvgIpc) is 3.57. The molecule has 198 valence electrons. The molecular weight excluding hydrogens is 533 g/mol. The van der Waals surface area contributed by atoms with Crippen molar-refractivity contribution in [3.63, 3.8) is 0 Å². The van der Waals surface area contributed by atoms with Crippen LogP contribution in [0.2, 0.25) is 0 Å². The van der Waals surface area contributed by atoms with Gasteiger partial charge in [-0.05, 0) is 48.6 Å². The Morgan fingerprint density at radius 1 is 1.00 bits per heavy atom. The van der Waals surface area contributed by atoms with E-state index in [1.165, 1.54) is 35.2 Å². The lowest BCUT2D eigenvalue weighted by molar-refractivity contribution is -0.137. The van der Waals surface area contributed by atoms with E-state index in [1.807, 2.05) is 0 Å². The van der Waals surface area contributed by atoms with E-state index in [4.69, 9.17) is 0 Å². The molecule has 5 rings (SSSR count). The van der Waals surface area contributed by atoms with Gasteiger partial charge in [0.2, 0.25) is 0 Å². The molecule has 0 radical (unpaired) electrons. The second-order valence-corrected chi connectivity index (χ2v) is 11.5. The van der Waals surface area contributed by atoms with E-state index >= 15 is 0 Å². The maximum absolute atomic E-state index is 13.4. The second-order valence-electron chi connectivity index (χ2n) is 9.54. The monoisotopic (exact) mass is 558 g/mol. The van der Waals surface area contributed by atoms with Crippen molar-refractivity contribution in [2.45, 2.75) is 37.8 Å². The van der Waals surface area contributed by atoms with Gasteiger partial charge in [-0.15, -0.1) is 11.3 Å². The number of hydrogen-bond acceptors (Lipinski definition) is 6. The third-order valence-corrected chi connectivity index (χ3v) is 9.16. The molecule has 3 aromatic rings. The van der Waals surface area contributed by atoms with Crippen molar-refractivity contribution in [3.8, 4) is 11.1 Å². The number of Topliss-reactive ketones (excluding diaryl/α,β-unsaturated/α-hetero) is 1. The second kappa shape index (κ2) is 11.0. The van der Waals surface area contributed by atoms with E-state index in [0.717, 1.165) is 29.3 Å². The standard InChI is InChI=1S/C28H25F3N2O3S2/c29-28(30,31)20-7-5-17(6-8-20)21-3-1-2-4-22(21)26(35)33-12-9-18(10-13-33)25-32-23(16-38-25)24(34)15-19-11-14-37-27(19)36/h1-8,16,18-19H,9-15H2. The molecule has 0 aliphatic carbocycles. The van der Waals surface area contributed by atoms with Gasteiger partial charge in [0.1, 0.15) is 5.69 Å². The van der Waals surface area contributed by atoms with Gasteiger partial charge in [-0.1, -0.05) is 42.1 Å². The molecule has 0 saturated carbocycles. The van der Waals surface area contributed by atoms with Gasteiger partial charge in [0, 0.05) is 48.0 Å². The summed E-state index contributed by atoms with van der Waals surface area (Å²) >= 11 is 2.74. The minimum absolute atomic E-state index is 0.0886. The molecule has 2 fully saturated rings. The minimum atomic E-state index is -4.42. The summed E-state index contributed by atoms with van der Waals surface area (Å²) in [7, 11) is 0. The van der Waals surface area contributed by atoms with Crippen LogP contribution in [0.3, 0.4) is 0 Å². The predicted molar refractivity (Wildman–Crippen MR) is 141 cm³/mol. The first kappa shape index (κ1) is 26.6. The Morgan fingerprint density at radius 2 is 1.71 bits per heavy atom. The number of halogens is 3. The Morgan fingerprint density at radius 3 is 2.37 bits per heavy atom. The lowest BCUT2D eigenvalue weighted by Gasteiger charge is -2.31. The number of likely N-dealkylation sites (tertiary alicyclic amines) is 1. The third-order valence-electron chi connectivity index (χ3n) is 7.10. The van der Waals surface area contributed by atoms with Gasteiger partial charge in [0.15, 0.2) is 10.9 Å². The van der Waals surface area contributed by atoms with Gasteiger partial charge in [-0.2, -0.15) is 13.2 Å². The number of carbonyl (C=O) groups is 3. The summed E-state index contributed by atoms with van der Waals surface area (Å²) in [5.41, 5.74) is 1.28. The maximum Gasteiger partial charge on any atom is 0.416 e. The largest absolute Gasteiger partial charge is 0.416 e. The Labute approximate surface area is 226 Å². The minimum Gasteiger partial charge on any atom is -0.339 e. The number of carbonyl (C=O) groups excluding carboxylic acids is 3. The number of amides is 1. The van der Waals surface area contributed by atoms with Crippen molar-refractivity contribution >= 4 is 39.9 Å². The number of hydrogen-bond donors (Lipinski definition) is 0. The number of alkyl halides is 3. The molecule has 0 bridgehead atoms. The number of benzene rings is 2. The van der Waals surface area contributed by atoms with E-state index in [9.17, 15) is 27.6 Å². The molecule has 1 amide bonds. The highest BCUT2D eigenvalue weighted by molar-refractivity contribution is 8.14. The predicted octanol–water partition coefficient (Wildman–Crippen LogP) is 6.70. The lowest BCUT2D eigenvalue weighted by Crippen LogP contribution is -2.38. The first-order valence-electron chi connectivity index (χ1n) is 12.4. The van der Waals surface area contributed by atoms with Gasteiger partial charge in [-0.3, -0.25) is 14.4 Å². The van der Waals surface area contributed by atoms with Crippen LogP contribution in [0.1, 0.15) is 63.0 Å². The Kier molecular flexibility index (Phi) is 7.72. The molecule has 3 heterocycles. The fraction of sp³-hybridized carbons (Fsp3) is 0.357. The molecule has 1 atom stereocenters. The fourth-order valence-corrected chi connectivity index (χ4v) is 6.95. The van der Waals surface area contributed by atoms with Gasteiger partial charge in [-0.25, -0.2) is 4.98 Å². The Hall–Kier alpha value is -2.98. The van der Waals surface area contributed by atoms with Crippen LogP contribution in [0.5, 0.6) is 0 Å². The van der Waals surface area contributed by atoms with Crippen LogP contribution in [-0.4, -0.2) is 45.5 Å². The summed E-state index contributed by atoms with van der Waals surface area (Å²) in [4.78, 5) is 44.2. The third kappa shape index (κ3) is 5.71. The van der Waals surface area contributed by atoms with Crippen molar-refractivity contribution in [1.29, 1.82) is 0 Å². The number of piperidine rings is 1. The SMILES string of the molecule is O=C(CC1CCSC1=O)c1csc(C2CCN(C(=O)c3ccccc3-c3ccc(C(F)(F)F)cc3)CC2)n1. The van der Waals surface area contributed by atoms with Crippen molar-refractivity contribution < 1.29 is 27.6 Å². The molecule has 1 unspecified atom stereocenters. The number of thiazole rings is 1. The Bertz CT molecular complexity index is 1350. The molecular formula is C28H25F3N2O3S2. The number of thioether (sulfide) groups is 1. The van der Waals surface area contributed by atoms with Gasteiger partial charge >= 0.3 is 6.18 Å². The topological polar surface area (TPSA) is 67.3 Å². The summed E-state index contributed by atoms with van der Waals surface area (Å²) in [6.07, 6.45) is -2.07. The molecule has 2 aliphatic rings. The highest BCUT2D eigenvalue weighted by atomic mass is 32.2. The van der Waals surface area contributed by atoms with Crippen molar-refractivity contribution in [1.82, 2.24) is 9.88 Å². The van der Waals surface area contributed by atoms with Crippen molar-refractivity contribution in [2.75, 3.05) is 18.8 Å². The van der Waals surface area contributed by atoms with Crippen LogP contribution >= 0.6 is 23.1 Å². The highest BCUT2D eigenvalue weighted by Gasteiger charge is 2.32. The van der Waals surface area contributed by atoms with Crippen LogP contribution in [0.15, 0.2) is 53.9 Å². The first-order chi connectivity index (χ1) is 18.2. The fourth-order valence-electron chi connectivity index (χ4n) is 4.91. The smallest absolute Gasteiger partial charge is 0.339 e. The van der Waals surface area contributed by atoms with Gasteiger partial charge in [0.05, 0.1) is 10.6 Å². The maximum atomic E-state index is 13.4. The summed E-state index contributed by atoms with van der Waals surface area (Å²) in [6, 6.07) is 11.8. The van der Waals surface area contributed by atoms with Crippen molar-refractivity contribution in [3.05, 3.63) is 75.7 Å². The molecule has 38 heavy (non-hydrogen) atoms. The van der Waals surface area contributed by atoms with Crippen LogP contribution < -0.4 is 0 Å². The molecule has 5 nitrogen and oxygen atoms in total. The number of aromatic nitrogens is 1. The molecule has 2 saturated heterocycles. The normalized spacial score (nSPS) is 18.7. The molecule has 2 aliphatic heterocycles. The molecule has 10 heteroatoms. The van der Waals surface area contributed by atoms with E-state index in [0.29, 0.717) is 48.3 Å².